The largest absolute Gasteiger partial charge is 0.465 e. The zero-order valence-corrected chi connectivity index (χ0v) is 22.8. The molecule has 0 aromatic carbocycles. The van der Waals surface area contributed by atoms with Crippen LogP contribution in [0.25, 0.3) is 0 Å². The maximum Gasteiger partial charge on any atom is 0.311 e. The molecule has 1 unspecified atom stereocenters. The molecule has 0 aliphatic carbocycles. The van der Waals surface area contributed by atoms with Crippen LogP contribution in [0.15, 0.2) is 0 Å². The molecule has 192 valence electrons. The Morgan fingerprint density at radius 1 is 0.531 bits per heavy atom. The fourth-order valence-electron chi connectivity index (χ4n) is 4.53. The van der Waals surface area contributed by atoms with E-state index < -0.39 is 0 Å². The van der Waals surface area contributed by atoms with Crippen LogP contribution in [0.2, 0.25) is 0 Å². The third-order valence-electron chi connectivity index (χ3n) is 7.34. The van der Waals surface area contributed by atoms with Crippen LogP contribution in [0, 0.1) is 5.41 Å². The molecule has 0 saturated heterocycles. The van der Waals surface area contributed by atoms with Gasteiger partial charge in [-0.2, -0.15) is 0 Å². The minimum absolute atomic E-state index is 0.0441. The first-order valence-electron chi connectivity index (χ1n) is 14.8. The molecule has 0 spiro atoms. The third-order valence-corrected chi connectivity index (χ3v) is 7.34. The molecule has 0 radical (unpaired) electrons. The van der Waals surface area contributed by atoms with E-state index in [1.807, 2.05) is 0 Å². The fourth-order valence-corrected chi connectivity index (χ4v) is 4.53. The number of carbonyl (C=O) groups excluding carboxylic acids is 1. The minimum Gasteiger partial charge on any atom is -0.465 e. The molecule has 0 fully saturated rings. The molecule has 0 heterocycles. The highest BCUT2D eigenvalue weighted by Crippen LogP contribution is 2.30. The molecule has 0 N–H and O–H groups in total. The van der Waals surface area contributed by atoms with Gasteiger partial charge in [-0.05, 0) is 26.2 Å². The highest BCUT2D eigenvalue weighted by molar-refractivity contribution is 5.76. The van der Waals surface area contributed by atoms with Crippen LogP contribution in [0.4, 0.5) is 0 Å². The van der Waals surface area contributed by atoms with E-state index in [1.165, 1.54) is 122 Å². The number of hydrogen-bond acceptors (Lipinski definition) is 2. The molecular formula is C30H60O2. The number of hydrogen-bond donors (Lipinski definition) is 0. The molecule has 0 bridgehead atoms. The van der Waals surface area contributed by atoms with Gasteiger partial charge in [-0.3, -0.25) is 4.79 Å². The number of carbonyl (C=O) groups is 1. The molecule has 0 aliphatic rings. The standard InChI is InChI=1S/C30H60O2/c1-5-8-10-12-14-16-17-18-20-22-24-26-28-32-29(31)30(4,7-3)27-25-23-21-19-15-13-11-9-6-2/h5-28H2,1-4H3. The van der Waals surface area contributed by atoms with Crippen LogP contribution >= 0.6 is 0 Å². The van der Waals surface area contributed by atoms with Gasteiger partial charge in [0.05, 0.1) is 12.0 Å². The van der Waals surface area contributed by atoms with Gasteiger partial charge in [-0.25, -0.2) is 0 Å². The molecule has 0 saturated carbocycles. The van der Waals surface area contributed by atoms with E-state index in [4.69, 9.17) is 4.74 Å². The molecule has 2 heteroatoms. The normalized spacial score (nSPS) is 13.2. The summed E-state index contributed by atoms with van der Waals surface area (Å²) in [5, 5.41) is 0. The van der Waals surface area contributed by atoms with Gasteiger partial charge >= 0.3 is 5.97 Å². The van der Waals surface area contributed by atoms with Gasteiger partial charge in [0, 0.05) is 0 Å². The molecular weight excluding hydrogens is 392 g/mol. The summed E-state index contributed by atoms with van der Waals surface area (Å²) in [6, 6.07) is 0. The van der Waals surface area contributed by atoms with Crippen LogP contribution in [-0.2, 0) is 9.53 Å². The number of esters is 1. The van der Waals surface area contributed by atoms with Gasteiger partial charge in [-0.1, -0.05) is 149 Å². The highest BCUT2D eigenvalue weighted by Gasteiger charge is 2.32. The van der Waals surface area contributed by atoms with E-state index in [-0.39, 0.29) is 11.4 Å². The van der Waals surface area contributed by atoms with E-state index in [0.717, 1.165) is 25.7 Å². The van der Waals surface area contributed by atoms with Gasteiger partial charge in [0.15, 0.2) is 0 Å². The van der Waals surface area contributed by atoms with Gasteiger partial charge in [-0.15, -0.1) is 0 Å². The average Bonchev–Trinajstić information content (AvgIpc) is 2.80. The second-order valence-electron chi connectivity index (χ2n) is 10.5. The van der Waals surface area contributed by atoms with Crippen LogP contribution in [0.3, 0.4) is 0 Å². The highest BCUT2D eigenvalue weighted by atomic mass is 16.5. The smallest absolute Gasteiger partial charge is 0.311 e. The van der Waals surface area contributed by atoms with E-state index >= 15 is 0 Å². The Bertz CT molecular complexity index is 392. The first kappa shape index (κ1) is 31.5. The fraction of sp³-hybridized carbons (Fsp3) is 0.967. The Balaban J connectivity index is 3.61. The Morgan fingerprint density at radius 3 is 1.25 bits per heavy atom. The van der Waals surface area contributed by atoms with Gasteiger partial charge in [0.2, 0.25) is 0 Å². The Kier molecular flexibility index (Phi) is 23.2. The van der Waals surface area contributed by atoms with Crippen molar-refractivity contribution in [1.29, 1.82) is 0 Å². The van der Waals surface area contributed by atoms with E-state index in [9.17, 15) is 4.79 Å². The summed E-state index contributed by atoms with van der Waals surface area (Å²) in [5.74, 6) is 0.0441. The first-order chi connectivity index (χ1) is 15.6. The van der Waals surface area contributed by atoms with Crippen LogP contribution < -0.4 is 0 Å². The summed E-state index contributed by atoms with van der Waals surface area (Å²) >= 11 is 0. The second kappa shape index (κ2) is 23.6. The summed E-state index contributed by atoms with van der Waals surface area (Å²) in [7, 11) is 0. The van der Waals surface area contributed by atoms with Crippen molar-refractivity contribution in [2.45, 2.75) is 175 Å². The summed E-state index contributed by atoms with van der Waals surface area (Å²) < 4.78 is 5.68. The number of ether oxygens (including phenoxy) is 1. The molecule has 0 aromatic rings. The summed E-state index contributed by atoms with van der Waals surface area (Å²) in [5.41, 5.74) is -0.280. The molecule has 0 rings (SSSR count). The van der Waals surface area contributed by atoms with E-state index in [1.54, 1.807) is 0 Å². The van der Waals surface area contributed by atoms with E-state index in [0.29, 0.717) is 6.61 Å². The molecule has 0 amide bonds. The maximum atomic E-state index is 12.6. The Labute approximate surface area is 203 Å². The van der Waals surface area contributed by atoms with Crippen LogP contribution in [-0.4, -0.2) is 12.6 Å². The summed E-state index contributed by atoms with van der Waals surface area (Å²) in [6.07, 6.45) is 29.9. The molecule has 1 atom stereocenters. The van der Waals surface area contributed by atoms with Crippen molar-refractivity contribution in [2.75, 3.05) is 6.61 Å². The zero-order chi connectivity index (χ0) is 23.8. The van der Waals surface area contributed by atoms with Crippen molar-refractivity contribution in [3.05, 3.63) is 0 Å². The quantitative estimate of drug-likeness (QED) is 0.102. The summed E-state index contributed by atoms with van der Waals surface area (Å²) in [6.45, 7) is 9.42. The monoisotopic (exact) mass is 452 g/mol. The van der Waals surface area contributed by atoms with Gasteiger partial charge in [0.25, 0.3) is 0 Å². The van der Waals surface area contributed by atoms with Crippen molar-refractivity contribution >= 4 is 5.97 Å². The topological polar surface area (TPSA) is 26.3 Å². The zero-order valence-electron chi connectivity index (χ0n) is 22.8. The number of unbranched alkanes of at least 4 members (excludes halogenated alkanes) is 19. The van der Waals surface area contributed by atoms with Gasteiger partial charge < -0.3 is 4.74 Å². The SMILES string of the molecule is CCCCCCCCCCCCCCOC(=O)C(C)(CC)CCCCCCCCCCC. The lowest BCUT2D eigenvalue weighted by Gasteiger charge is -2.26. The maximum absolute atomic E-state index is 12.6. The summed E-state index contributed by atoms with van der Waals surface area (Å²) in [4.78, 5) is 12.6. The molecule has 32 heavy (non-hydrogen) atoms. The molecule has 0 aromatic heterocycles. The van der Waals surface area contributed by atoms with Gasteiger partial charge in [0.1, 0.15) is 0 Å². The third kappa shape index (κ3) is 19.0. The van der Waals surface area contributed by atoms with Crippen LogP contribution in [0.5, 0.6) is 0 Å². The van der Waals surface area contributed by atoms with Crippen LogP contribution in [0.1, 0.15) is 175 Å². The average molecular weight is 453 g/mol. The molecule has 0 aliphatic heterocycles. The second-order valence-corrected chi connectivity index (χ2v) is 10.5. The lowest BCUT2D eigenvalue weighted by Crippen LogP contribution is -2.29. The Morgan fingerprint density at radius 2 is 0.875 bits per heavy atom. The lowest BCUT2D eigenvalue weighted by atomic mass is 9.82. The van der Waals surface area contributed by atoms with Crippen molar-refractivity contribution in [3.8, 4) is 0 Å². The van der Waals surface area contributed by atoms with Crippen molar-refractivity contribution in [2.24, 2.45) is 5.41 Å². The predicted molar refractivity (Wildman–Crippen MR) is 142 cm³/mol. The Hall–Kier alpha value is -0.530. The first-order valence-corrected chi connectivity index (χ1v) is 14.8. The lowest BCUT2D eigenvalue weighted by molar-refractivity contribution is -0.155. The predicted octanol–water partition coefficient (Wildman–Crippen LogP) is 10.6. The van der Waals surface area contributed by atoms with Crippen molar-refractivity contribution < 1.29 is 9.53 Å². The van der Waals surface area contributed by atoms with Crippen molar-refractivity contribution in [1.82, 2.24) is 0 Å². The van der Waals surface area contributed by atoms with E-state index in [2.05, 4.69) is 27.7 Å². The number of rotatable bonds is 25. The minimum atomic E-state index is -0.280. The van der Waals surface area contributed by atoms with Crippen molar-refractivity contribution in [3.63, 3.8) is 0 Å². The molecule has 2 nitrogen and oxygen atoms in total.